The highest BCUT2D eigenvalue weighted by atomic mass is 32.2. The Hall–Kier alpha value is -1.07. The van der Waals surface area contributed by atoms with Gasteiger partial charge in [0.2, 0.25) is 10.0 Å². The predicted molar refractivity (Wildman–Crippen MR) is 93.0 cm³/mol. The molecule has 0 N–H and O–H groups in total. The molecule has 0 amide bonds. The number of hydrogen-bond donors (Lipinski definition) is 0. The molecule has 0 spiro atoms. The monoisotopic (exact) mass is 324 g/mol. The van der Waals surface area contributed by atoms with E-state index in [0.29, 0.717) is 0 Å². The van der Waals surface area contributed by atoms with E-state index in [1.54, 1.807) is 4.31 Å². The van der Waals surface area contributed by atoms with Gasteiger partial charge >= 0.3 is 0 Å². The zero-order valence-corrected chi connectivity index (χ0v) is 15.3. The first-order valence-electron chi connectivity index (χ1n) is 7.84. The molecule has 5 heteroatoms. The topological polar surface area (TPSA) is 40.6 Å². The number of sulfonamides is 1. The van der Waals surface area contributed by atoms with E-state index in [2.05, 4.69) is 49.9 Å². The lowest BCUT2D eigenvalue weighted by molar-refractivity contribution is 0.243. The van der Waals surface area contributed by atoms with Gasteiger partial charge in [-0.25, -0.2) is 8.42 Å². The van der Waals surface area contributed by atoms with Crippen LogP contribution in [0, 0.1) is 0 Å². The zero-order valence-electron chi connectivity index (χ0n) is 14.5. The minimum Gasteiger partial charge on any atom is -0.368 e. The summed E-state index contributed by atoms with van der Waals surface area (Å²) in [6, 6.07) is 8.62. The molecule has 1 aliphatic heterocycles. The molecule has 4 nitrogen and oxygen atoms in total. The van der Waals surface area contributed by atoms with Crippen molar-refractivity contribution in [3.8, 4) is 0 Å². The summed E-state index contributed by atoms with van der Waals surface area (Å²) in [5, 5.41) is 0. The van der Waals surface area contributed by atoms with E-state index in [4.69, 9.17) is 0 Å². The van der Waals surface area contributed by atoms with E-state index < -0.39 is 10.0 Å². The lowest BCUT2D eigenvalue weighted by Crippen LogP contribution is -2.58. The molecule has 2 atom stereocenters. The van der Waals surface area contributed by atoms with Crippen LogP contribution in [0.2, 0.25) is 0 Å². The van der Waals surface area contributed by atoms with Crippen LogP contribution < -0.4 is 4.90 Å². The largest absolute Gasteiger partial charge is 0.368 e. The van der Waals surface area contributed by atoms with Crippen molar-refractivity contribution < 1.29 is 8.42 Å². The third-order valence-corrected chi connectivity index (χ3v) is 5.81. The van der Waals surface area contributed by atoms with Gasteiger partial charge in [0.05, 0.1) is 6.26 Å². The van der Waals surface area contributed by atoms with Crippen molar-refractivity contribution in [2.75, 3.05) is 24.2 Å². The Morgan fingerprint density at radius 3 is 1.82 bits per heavy atom. The maximum absolute atomic E-state index is 11.9. The van der Waals surface area contributed by atoms with Crippen molar-refractivity contribution in [2.24, 2.45) is 0 Å². The molecule has 0 radical (unpaired) electrons. The number of hydrogen-bond acceptors (Lipinski definition) is 3. The summed E-state index contributed by atoms with van der Waals surface area (Å²) in [4.78, 5) is 2.28. The Morgan fingerprint density at radius 2 is 1.45 bits per heavy atom. The van der Waals surface area contributed by atoms with Crippen LogP contribution in [0.1, 0.15) is 40.2 Å². The molecule has 1 heterocycles. The number of anilines is 1. The molecule has 2 unspecified atom stereocenters. The Labute approximate surface area is 135 Å². The molecule has 1 aliphatic rings. The average molecular weight is 324 g/mol. The molecule has 1 fully saturated rings. The first kappa shape index (κ1) is 17.3. The van der Waals surface area contributed by atoms with Gasteiger partial charge in [-0.15, -0.1) is 0 Å². The van der Waals surface area contributed by atoms with Crippen molar-refractivity contribution in [1.82, 2.24) is 4.31 Å². The Kier molecular flexibility index (Phi) is 4.60. The summed E-state index contributed by atoms with van der Waals surface area (Å²) < 4.78 is 25.5. The lowest BCUT2D eigenvalue weighted by Gasteiger charge is -2.44. The maximum Gasteiger partial charge on any atom is 0.211 e. The van der Waals surface area contributed by atoms with E-state index in [-0.39, 0.29) is 17.5 Å². The van der Waals surface area contributed by atoms with E-state index >= 15 is 0 Å². The maximum atomic E-state index is 11.9. The Bertz CT molecular complexity index is 605. The van der Waals surface area contributed by atoms with Gasteiger partial charge in [0.1, 0.15) is 0 Å². The van der Waals surface area contributed by atoms with Gasteiger partial charge in [-0.05, 0) is 37.0 Å². The van der Waals surface area contributed by atoms with Gasteiger partial charge < -0.3 is 4.90 Å². The van der Waals surface area contributed by atoms with Gasteiger partial charge in [-0.1, -0.05) is 32.9 Å². The van der Waals surface area contributed by atoms with Crippen molar-refractivity contribution in [3.63, 3.8) is 0 Å². The number of piperazine rings is 1. The number of benzene rings is 1. The van der Waals surface area contributed by atoms with Gasteiger partial charge in [0.15, 0.2) is 0 Å². The highest BCUT2D eigenvalue weighted by Crippen LogP contribution is 2.28. The summed E-state index contributed by atoms with van der Waals surface area (Å²) in [5.74, 6) is 0. The molecule has 2 rings (SSSR count). The van der Waals surface area contributed by atoms with E-state index in [9.17, 15) is 8.42 Å². The van der Waals surface area contributed by atoms with Crippen molar-refractivity contribution in [3.05, 3.63) is 29.8 Å². The first-order valence-corrected chi connectivity index (χ1v) is 9.69. The molecule has 1 aromatic carbocycles. The summed E-state index contributed by atoms with van der Waals surface area (Å²) in [6.07, 6.45) is 1.30. The summed E-state index contributed by atoms with van der Waals surface area (Å²) >= 11 is 0. The summed E-state index contributed by atoms with van der Waals surface area (Å²) in [6.45, 7) is 12.0. The molecule has 0 aliphatic carbocycles. The predicted octanol–water partition coefficient (Wildman–Crippen LogP) is 2.84. The summed E-state index contributed by atoms with van der Waals surface area (Å²) in [5.41, 5.74) is 2.63. The highest BCUT2D eigenvalue weighted by molar-refractivity contribution is 7.88. The molecule has 22 heavy (non-hydrogen) atoms. The van der Waals surface area contributed by atoms with Crippen LogP contribution in [0.5, 0.6) is 0 Å². The fourth-order valence-electron chi connectivity index (χ4n) is 3.34. The lowest BCUT2D eigenvalue weighted by atomic mass is 9.87. The van der Waals surface area contributed by atoms with E-state index in [1.807, 2.05) is 13.8 Å². The summed E-state index contributed by atoms with van der Waals surface area (Å²) in [7, 11) is -3.15. The first-order chi connectivity index (χ1) is 10.00. The second-order valence-electron chi connectivity index (χ2n) is 7.49. The smallest absolute Gasteiger partial charge is 0.211 e. The fourth-order valence-corrected chi connectivity index (χ4v) is 4.79. The zero-order chi connectivity index (χ0) is 16.7. The molecular formula is C17H28N2O2S. The van der Waals surface area contributed by atoms with E-state index in [1.165, 1.54) is 17.5 Å². The quantitative estimate of drug-likeness (QED) is 0.840. The molecule has 0 saturated carbocycles. The van der Waals surface area contributed by atoms with Gasteiger partial charge in [-0.3, -0.25) is 0 Å². The molecule has 1 saturated heterocycles. The van der Waals surface area contributed by atoms with Gasteiger partial charge in [0, 0.05) is 30.9 Å². The highest BCUT2D eigenvalue weighted by Gasteiger charge is 2.35. The third kappa shape index (κ3) is 3.63. The van der Waals surface area contributed by atoms with Crippen molar-refractivity contribution >= 4 is 15.7 Å². The van der Waals surface area contributed by atoms with Crippen molar-refractivity contribution in [2.45, 2.75) is 52.1 Å². The van der Waals surface area contributed by atoms with Gasteiger partial charge in [0.25, 0.3) is 0 Å². The molecular weight excluding hydrogens is 296 g/mol. The molecule has 0 bridgehead atoms. The molecule has 124 valence electrons. The Morgan fingerprint density at radius 1 is 1.00 bits per heavy atom. The van der Waals surface area contributed by atoms with Crippen molar-refractivity contribution in [1.29, 1.82) is 0 Å². The standard InChI is InChI=1S/C17H28N2O2S/c1-13-11-18(12-14(2)19(13)22(6,20)21)16-9-7-15(8-10-16)17(3,4)5/h7-10,13-14H,11-12H2,1-6H3. The fraction of sp³-hybridized carbons (Fsp3) is 0.647. The van der Waals surface area contributed by atoms with Crippen LogP contribution >= 0.6 is 0 Å². The number of nitrogens with zero attached hydrogens (tertiary/aromatic N) is 2. The van der Waals surface area contributed by atoms with E-state index in [0.717, 1.165) is 13.1 Å². The van der Waals surface area contributed by atoms with Crippen LogP contribution in [0.25, 0.3) is 0 Å². The average Bonchev–Trinajstić information content (AvgIpc) is 2.35. The minimum absolute atomic E-state index is 0.0129. The SMILES string of the molecule is CC1CN(c2ccc(C(C)(C)C)cc2)CC(C)N1S(C)(=O)=O. The molecule has 0 aromatic heterocycles. The van der Waals surface area contributed by atoms with Crippen LogP contribution in [0.15, 0.2) is 24.3 Å². The third-order valence-electron chi connectivity index (χ3n) is 4.32. The second kappa shape index (κ2) is 5.85. The van der Waals surface area contributed by atoms with Crippen LogP contribution in [-0.2, 0) is 15.4 Å². The molecule has 1 aromatic rings. The number of rotatable bonds is 2. The van der Waals surface area contributed by atoms with Crippen LogP contribution in [-0.4, -0.2) is 44.2 Å². The normalized spacial score (nSPS) is 24.5. The minimum atomic E-state index is -3.15. The Balaban J connectivity index is 2.19. The van der Waals surface area contributed by atoms with Gasteiger partial charge in [-0.2, -0.15) is 4.31 Å². The second-order valence-corrected chi connectivity index (χ2v) is 9.38. The van der Waals surface area contributed by atoms with Crippen LogP contribution in [0.4, 0.5) is 5.69 Å². The van der Waals surface area contributed by atoms with Crippen LogP contribution in [0.3, 0.4) is 0 Å².